The normalized spacial score (nSPS) is 14.1. The lowest BCUT2D eigenvalue weighted by molar-refractivity contribution is 0.122. The zero-order valence-electron chi connectivity index (χ0n) is 14.8. The number of rotatable bonds is 3. The van der Waals surface area contributed by atoms with Crippen LogP contribution in [0.4, 0.5) is 10.2 Å². The van der Waals surface area contributed by atoms with Crippen LogP contribution >= 0.6 is 0 Å². The van der Waals surface area contributed by atoms with Crippen molar-refractivity contribution < 1.29 is 9.13 Å². The topological polar surface area (TPSA) is 38.2 Å². The van der Waals surface area contributed by atoms with E-state index in [0.717, 1.165) is 11.1 Å². The van der Waals surface area contributed by atoms with Gasteiger partial charge in [-0.05, 0) is 24.6 Å². The predicted octanol–water partition coefficient (Wildman–Crippen LogP) is 4.23. The lowest BCUT2D eigenvalue weighted by Crippen LogP contribution is -2.37. The van der Waals surface area contributed by atoms with E-state index in [1.54, 1.807) is 24.7 Å². The molecule has 0 radical (unpaired) electrons. The van der Waals surface area contributed by atoms with Crippen LogP contribution in [-0.2, 0) is 4.74 Å². The van der Waals surface area contributed by atoms with Crippen LogP contribution in [0.1, 0.15) is 32.3 Å². The summed E-state index contributed by atoms with van der Waals surface area (Å²) in [7, 11) is 0. The fourth-order valence-corrected chi connectivity index (χ4v) is 2.35. The Morgan fingerprint density at radius 2 is 1.88 bits per heavy atom. The smallest absolute Gasteiger partial charge is 0.173 e. The van der Waals surface area contributed by atoms with E-state index >= 15 is 0 Å². The van der Waals surface area contributed by atoms with E-state index in [9.17, 15) is 4.39 Å². The van der Waals surface area contributed by atoms with Gasteiger partial charge in [0.25, 0.3) is 0 Å². The molecule has 0 aliphatic carbocycles. The quantitative estimate of drug-likeness (QED) is 0.843. The zero-order valence-corrected chi connectivity index (χ0v) is 14.8. The lowest BCUT2D eigenvalue weighted by Gasteiger charge is -2.28. The summed E-state index contributed by atoms with van der Waals surface area (Å²) in [4.78, 5) is 10.2. The van der Waals surface area contributed by atoms with Crippen molar-refractivity contribution >= 4 is 5.82 Å². The molecule has 4 nitrogen and oxygen atoms in total. The van der Waals surface area contributed by atoms with Crippen LogP contribution in [-0.4, -0.2) is 36.3 Å². The molecule has 0 saturated carbocycles. The van der Waals surface area contributed by atoms with E-state index in [-0.39, 0.29) is 5.82 Å². The van der Waals surface area contributed by atoms with Crippen molar-refractivity contribution in [2.75, 3.05) is 31.2 Å². The molecule has 130 valence electrons. The summed E-state index contributed by atoms with van der Waals surface area (Å²) in [5.41, 5.74) is 2.32. The van der Waals surface area contributed by atoms with Crippen LogP contribution in [0.2, 0.25) is 0 Å². The van der Waals surface area contributed by atoms with Gasteiger partial charge in [-0.1, -0.05) is 26.7 Å². The van der Waals surface area contributed by atoms with Gasteiger partial charge in [-0.25, -0.2) is 9.37 Å². The summed E-state index contributed by atoms with van der Waals surface area (Å²) in [6.45, 7) is 8.85. The summed E-state index contributed by atoms with van der Waals surface area (Å²) < 4.78 is 20.0. The first kappa shape index (κ1) is 18.3. The zero-order chi connectivity index (χ0) is 17.4. The molecule has 0 aromatic carbocycles. The Kier molecular flexibility index (Phi) is 7.12. The molecule has 0 unspecified atom stereocenters. The summed E-state index contributed by atoms with van der Waals surface area (Å²) in [5.74, 6) is 0.106. The number of nitrogens with zero attached hydrogens (tertiary/aromatic N) is 3. The van der Waals surface area contributed by atoms with E-state index in [1.807, 2.05) is 17.9 Å². The predicted molar refractivity (Wildman–Crippen MR) is 95.8 cm³/mol. The summed E-state index contributed by atoms with van der Waals surface area (Å²) in [6, 6.07) is 3.62. The monoisotopic (exact) mass is 331 g/mol. The Bertz CT molecular complexity index is 640. The fraction of sp³-hybridized carbons (Fsp3) is 0.474. The molecule has 0 N–H and O–H groups in total. The maximum absolute atomic E-state index is 14.7. The van der Waals surface area contributed by atoms with Crippen molar-refractivity contribution in [2.45, 2.75) is 33.6 Å². The SMILES string of the molecule is CCCC.Cc1cncc(-c2ccnc(N3CCOCC3)c2F)c1. The first-order chi connectivity index (χ1) is 11.7. The highest BCUT2D eigenvalue weighted by Gasteiger charge is 2.19. The molecule has 1 aliphatic rings. The molecule has 5 heteroatoms. The summed E-state index contributed by atoms with van der Waals surface area (Å²) >= 11 is 0. The Morgan fingerprint density at radius 1 is 1.17 bits per heavy atom. The van der Waals surface area contributed by atoms with Crippen LogP contribution in [0.25, 0.3) is 11.1 Å². The number of morpholine rings is 1. The fourth-order valence-electron chi connectivity index (χ4n) is 2.35. The van der Waals surface area contributed by atoms with E-state index < -0.39 is 0 Å². The van der Waals surface area contributed by atoms with Crippen LogP contribution in [0, 0.1) is 12.7 Å². The molecule has 3 heterocycles. The van der Waals surface area contributed by atoms with Crippen molar-refractivity contribution in [3.05, 3.63) is 42.1 Å². The molecule has 0 atom stereocenters. The molecular formula is C19H26FN3O. The lowest BCUT2D eigenvalue weighted by atomic mass is 10.1. The molecule has 1 saturated heterocycles. The number of halogens is 1. The molecular weight excluding hydrogens is 305 g/mol. The van der Waals surface area contributed by atoms with Gasteiger partial charge in [0.2, 0.25) is 0 Å². The molecule has 0 bridgehead atoms. The molecule has 3 rings (SSSR count). The van der Waals surface area contributed by atoms with Gasteiger partial charge >= 0.3 is 0 Å². The van der Waals surface area contributed by atoms with Crippen molar-refractivity contribution in [3.8, 4) is 11.1 Å². The average Bonchev–Trinajstić information content (AvgIpc) is 2.63. The van der Waals surface area contributed by atoms with E-state index in [2.05, 4.69) is 23.8 Å². The minimum atomic E-state index is -0.290. The standard InChI is InChI=1S/C15H16FN3O.C4H10/c1-11-8-12(10-17-9-11)13-2-3-18-15(14(13)16)19-4-6-20-7-5-19;1-3-4-2/h2-3,8-10H,4-7H2,1H3;3-4H2,1-2H3. The van der Waals surface area contributed by atoms with Crippen LogP contribution in [0.5, 0.6) is 0 Å². The molecule has 2 aromatic rings. The van der Waals surface area contributed by atoms with Gasteiger partial charge < -0.3 is 9.64 Å². The first-order valence-corrected chi connectivity index (χ1v) is 8.56. The maximum Gasteiger partial charge on any atom is 0.173 e. The second-order valence-corrected chi connectivity index (χ2v) is 5.85. The highest BCUT2D eigenvalue weighted by atomic mass is 19.1. The van der Waals surface area contributed by atoms with Gasteiger partial charge in [0.1, 0.15) is 0 Å². The Labute approximate surface area is 143 Å². The molecule has 1 aliphatic heterocycles. The second-order valence-electron chi connectivity index (χ2n) is 5.85. The second kappa shape index (κ2) is 9.33. The van der Waals surface area contributed by atoms with Crippen molar-refractivity contribution in [3.63, 3.8) is 0 Å². The highest BCUT2D eigenvalue weighted by molar-refractivity contribution is 5.67. The van der Waals surface area contributed by atoms with Crippen molar-refractivity contribution in [1.82, 2.24) is 9.97 Å². The number of ether oxygens (including phenoxy) is 1. The first-order valence-electron chi connectivity index (χ1n) is 8.56. The molecule has 0 amide bonds. The number of hydrogen-bond donors (Lipinski definition) is 0. The Morgan fingerprint density at radius 3 is 2.50 bits per heavy atom. The third kappa shape index (κ3) is 4.74. The average molecular weight is 331 g/mol. The number of hydrogen-bond acceptors (Lipinski definition) is 4. The van der Waals surface area contributed by atoms with Crippen LogP contribution in [0.15, 0.2) is 30.7 Å². The number of pyridine rings is 2. The van der Waals surface area contributed by atoms with Gasteiger partial charge in [0, 0.05) is 42.8 Å². The number of aryl methyl sites for hydroxylation is 1. The molecule has 1 fully saturated rings. The third-order valence-corrected chi connectivity index (χ3v) is 3.87. The Hall–Kier alpha value is -2.01. The Balaban J connectivity index is 0.000000471. The number of anilines is 1. The minimum absolute atomic E-state index is 0.290. The number of aromatic nitrogens is 2. The largest absolute Gasteiger partial charge is 0.378 e. The molecule has 24 heavy (non-hydrogen) atoms. The van der Waals surface area contributed by atoms with Crippen molar-refractivity contribution in [1.29, 1.82) is 0 Å². The highest BCUT2D eigenvalue weighted by Crippen LogP contribution is 2.28. The van der Waals surface area contributed by atoms with E-state index in [4.69, 9.17) is 4.74 Å². The molecule has 2 aromatic heterocycles. The van der Waals surface area contributed by atoms with Gasteiger partial charge in [-0.15, -0.1) is 0 Å². The van der Waals surface area contributed by atoms with Gasteiger partial charge in [-0.2, -0.15) is 0 Å². The van der Waals surface area contributed by atoms with E-state index in [0.29, 0.717) is 37.7 Å². The third-order valence-electron chi connectivity index (χ3n) is 3.87. The number of unbranched alkanes of at least 4 members (excludes halogenated alkanes) is 1. The summed E-state index contributed by atoms with van der Waals surface area (Å²) in [6.07, 6.45) is 7.71. The van der Waals surface area contributed by atoms with E-state index in [1.165, 1.54) is 12.8 Å². The van der Waals surface area contributed by atoms with Crippen LogP contribution in [0.3, 0.4) is 0 Å². The van der Waals surface area contributed by atoms with Crippen LogP contribution < -0.4 is 4.90 Å². The minimum Gasteiger partial charge on any atom is -0.378 e. The molecule has 0 spiro atoms. The van der Waals surface area contributed by atoms with Gasteiger partial charge in [0.15, 0.2) is 11.6 Å². The van der Waals surface area contributed by atoms with Crippen molar-refractivity contribution in [2.24, 2.45) is 0 Å². The van der Waals surface area contributed by atoms with Gasteiger partial charge in [-0.3, -0.25) is 4.98 Å². The van der Waals surface area contributed by atoms with Gasteiger partial charge in [0.05, 0.1) is 13.2 Å². The maximum atomic E-state index is 14.7. The summed E-state index contributed by atoms with van der Waals surface area (Å²) in [5, 5.41) is 0.